The average Bonchev–Trinajstić information content (AvgIpc) is 3.11. The molecule has 3 rings (SSSR count). The Kier molecular flexibility index (Phi) is 6.35. The van der Waals surface area contributed by atoms with Crippen molar-refractivity contribution in [3.8, 4) is 10.7 Å². The van der Waals surface area contributed by atoms with Crippen LogP contribution in [0.1, 0.15) is 43.6 Å². The minimum Gasteiger partial charge on any atom is -0.349 e. The van der Waals surface area contributed by atoms with E-state index in [1.54, 1.807) is 6.20 Å². The normalized spacial score (nSPS) is 12.1. The molecule has 0 saturated carbocycles. The molecule has 0 saturated heterocycles. The highest BCUT2D eigenvalue weighted by Gasteiger charge is 2.13. The average molecular weight is 380 g/mol. The van der Waals surface area contributed by atoms with E-state index in [1.807, 2.05) is 30.5 Å². The Morgan fingerprint density at radius 1 is 1.11 bits per heavy atom. The molecule has 2 heterocycles. The van der Waals surface area contributed by atoms with Crippen LogP contribution >= 0.6 is 11.3 Å². The van der Waals surface area contributed by atoms with Gasteiger partial charge in [0.1, 0.15) is 5.01 Å². The first-order chi connectivity index (χ1) is 13.0. The second-order valence-electron chi connectivity index (χ2n) is 7.16. The van der Waals surface area contributed by atoms with Crippen LogP contribution in [0.15, 0.2) is 54.0 Å². The molecule has 3 aromatic rings. The number of pyridine rings is 1. The standard InChI is InChI=1S/C22H25N3OS/c1-15(2)12-17-7-9-18(10-8-17)16(3)24-21(26)13-19-14-27-22(25-19)20-6-4-5-11-23-20/h4-11,14-16H,12-13H2,1-3H3,(H,24,26)/t16-/m1/s1. The molecular formula is C22H25N3OS. The van der Waals surface area contributed by atoms with Crippen molar-refractivity contribution in [3.63, 3.8) is 0 Å². The summed E-state index contributed by atoms with van der Waals surface area (Å²) < 4.78 is 0. The van der Waals surface area contributed by atoms with Gasteiger partial charge in [-0.2, -0.15) is 0 Å². The molecule has 4 nitrogen and oxygen atoms in total. The van der Waals surface area contributed by atoms with Crippen LogP contribution in [0.4, 0.5) is 0 Å². The molecule has 1 atom stereocenters. The van der Waals surface area contributed by atoms with Crippen LogP contribution in [-0.2, 0) is 17.6 Å². The fourth-order valence-electron chi connectivity index (χ4n) is 2.95. The van der Waals surface area contributed by atoms with Gasteiger partial charge in [0.2, 0.25) is 5.91 Å². The molecule has 0 radical (unpaired) electrons. The molecular weight excluding hydrogens is 354 g/mol. The summed E-state index contributed by atoms with van der Waals surface area (Å²) >= 11 is 1.51. The molecule has 1 N–H and O–H groups in total. The van der Waals surface area contributed by atoms with E-state index in [4.69, 9.17) is 0 Å². The zero-order valence-electron chi connectivity index (χ0n) is 16.0. The topological polar surface area (TPSA) is 54.9 Å². The lowest BCUT2D eigenvalue weighted by Crippen LogP contribution is -2.28. The number of benzene rings is 1. The van der Waals surface area contributed by atoms with Gasteiger partial charge in [-0.05, 0) is 42.5 Å². The molecule has 0 unspecified atom stereocenters. The van der Waals surface area contributed by atoms with Gasteiger partial charge >= 0.3 is 0 Å². The lowest BCUT2D eigenvalue weighted by atomic mass is 10.00. The molecule has 5 heteroatoms. The van der Waals surface area contributed by atoms with Crippen LogP contribution < -0.4 is 5.32 Å². The van der Waals surface area contributed by atoms with E-state index in [-0.39, 0.29) is 18.4 Å². The number of thiazole rings is 1. The molecule has 0 fully saturated rings. The van der Waals surface area contributed by atoms with E-state index in [2.05, 4.69) is 53.4 Å². The molecule has 1 amide bonds. The maximum Gasteiger partial charge on any atom is 0.226 e. The minimum atomic E-state index is -0.0282. The van der Waals surface area contributed by atoms with Crippen LogP contribution in [0.5, 0.6) is 0 Å². The number of nitrogens with zero attached hydrogens (tertiary/aromatic N) is 2. The van der Waals surface area contributed by atoms with Crippen LogP contribution in [0.3, 0.4) is 0 Å². The van der Waals surface area contributed by atoms with E-state index >= 15 is 0 Å². The summed E-state index contributed by atoms with van der Waals surface area (Å²) in [6.45, 7) is 6.44. The third-order valence-corrected chi connectivity index (χ3v) is 5.19. The molecule has 27 heavy (non-hydrogen) atoms. The summed E-state index contributed by atoms with van der Waals surface area (Å²) in [4.78, 5) is 21.2. The molecule has 0 spiro atoms. The van der Waals surface area contributed by atoms with Gasteiger partial charge in [0.25, 0.3) is 0 Å². The Bertz CT molecular complexity index is 872. The smallest absolute Gasteiger partial charge is 0.226 e. The van der Waals surface area contributed by atoms with Gasteiger partial charge in [-0.3, -0.25) is 9.78 Å². The van der Waals surface area contributed by atoms with E-state index < -0.39 is 0 Å². The van der Waals surface area contributed by atoms with Crippen LogP contribution in [0, 0.1) is 5.92 Å². The summed E-state index contributed by atoms with van der Waals surface area (Å²) in [6, 6.07) is 14.2. The first kappa shape index (κ1) is 19.2. The fraction of sp³-hybridized carbons (Fsp3) is 0.318. The van der Waals surface area contributed by atoms with Gasteiger partial charge in [-0.15, -0.1) is 11.3 Å². The van der Waals surface area contributed by atoms with Gasteiger partial charge in [-0.25, -0.2) is 4.98 Å². The first-order valence-electron chi connectivity index (χ1n) is 9.25. The quantitative estimate of drug-likeness (QED) is 0.640. The second-order valence-corrected chi connectivity index (χ2v) is 8.02. The highest BCUT2D eigenvalue weighted by molar-refractivity contribution is 7.13. The van der Waals surface area contributed by atoms with Crippen molar-refractivity contribution < 1.29 is 4.79 Å². The molecule has 0 bridgehead atoms. The SMILES string of the molecule is CC(C)Cc1ccc([C@@H](C)NC(=O)Cc2csc(-c3ccccn3)n2)cc1. The molecule has 2 aromatic heterocycles. The third kappa shape index (κ3) is 5.47. The number of rotatable bonds is 7. The van der Waals surface area contributed by atoms with E-state index in [0.717, 1.165) is 28.4 Å². The summed E-state index contributed by atoms with van der Waals surface area (Å²) in [5.41, 5.74) is 4.06. The van der Waals surface area contributed by atoms with Gasteiger partial charge in [-0.1, -0.05) is 44.2 Å². The largest absolute Gasteiger partial charge is 0.349 e. The summed E-state index contributed by atoms with van der Waals surface area (Å²) in [5.74, 6) is 0.619. The first-order valence-corrected chi connectivity index (χ1v) is 10.1. The number of amides is 1. The van der Waals surface area contributed by atoms with Crippen molar-refractivity contribution >= 4 is 17.2 Å². The number of hydrogen-bond donors (Lipinski definition) is 1. The fourth-order valence-corrected chi connectivity index (χ4v) is 3.74. The maximum absolute atomic E-state index is 12.4. The Labute approximate surface area is 164 Å². The predicted octanol–water partition coefficient (Wildman–Crippen LogP) is 4.82. The second kappa shape index (κ2) is 8.91. The van der Waals surface area contributed by atoms with Gasteiger partial charge in [0.05, 0.1) is 23.9 Å². The van der Waals surface area contributed by atoms with Gasteiger partial charge < -0.3 is 5.32 Å². The molecule has 1 aromatic carbocycles. The van der Waals surface area contributed by atoms with Crippen molar-refractivity contribution in [3.05, 3.63) is 70.9 Å². The Balaban J connectivity index is 1.56. The number of carbonyl (C=O) groups is 1. The minimum absolute atomic E-state index is 0.0216. The van der Waals surface area contributed by atoms with Crippen molar-refractivity contribution in [1.29, 1.82) is 0 Å². The summed E-state index contributed by atoms with van der Waals surface area (Å²) in [5, 5.41) is 5.83. The highest BCUT2D eigenvalue weighted by Crippen LogP contribution is 2.22. The third-order valence-electron chi connectivity index (χ3n) is 4.28. The summed E-state index contributed by atoms with van der Waals surface area (Å²) in [6.07, 6.45) is 3.10. The van der Waals surface area contributed by atoms with Gasteiger partial charge in [0, 0.05) is 11.6 Å². The van der Waals surface area contributed by atoms with Crippen LogP contribution in [-0.4, -0.2) is 15.9 Å². The molecule has 0 aliphatic carbocycles. The molecule has 0 aliphatic heterocycles. The van der Waals surface area contributed by atoms with Crippen LogP contribution in [0.25, 0.3) is 10.7 Å². The Morgan fingerprint density at radius 2 is 1.89 bits per heavy atom. The van der Waals surface area contributed by atoms with Crippen LogP contribution in [0.2, 0.25) is 0 Å². The van der Waals surface area contributed by atoms with Crippen molar-refractivity contribution in [1.82, 2.24) is 15.3 Å². The number of nitrogens with one attached hydrogen (secondary N) is 1. The van der Waals surface area contributed by atoms with Crippen molar-refractivity contribution in [2.45, 2.75) is 39.7 Å². The monoisotopic (exact) mass is 379 g/mol. The Morgan fingerprint density at radius 3 is 2.56 bits per heavy atom. The number of aromatic nitrogens is 2. The van der Waals surface area contributed by atoms with E-state index in [0.29, 0.717) is 5.92 Å². The lowest BCUT2D eigenvalue weighted by Gasteiger charge is -2.15. The Hall–Kier alpha value is -2.53. The molecule has 140 valence electrons. The zero-order chi connectivity index (χ0) is 19.2. The van der Waals surface area contributed by atoms with Crippen molar-refractivity contribution in [2.24, 2.45) is 5.92 Å². The maximum atomic E-state index is 12.4. The van der Waals surface area contributed by atoms with E-state index in [9.17, 15) is 4.79 Å². The van der Waals surface area contributed by atoms with Crippen molar-refractivity contribution in [2.75, 3.05) is 0 Å². The van der Waals surface area contributed by atoms with E-state index in [1.165, 1.54) is 16.9 Å². The predicted molar refractivity (Wildman–Crippen MR) is 111 cm³/mol. The number of hydrogen-bond acceptors (Lipinski definition) is 4. The summed E-state index contributed by atoms with van der Waals surface area (Å²) in [7, 11) is 0. The zero-order valence-corrected chi connectivity index (χ0v) is 16.8. The molecule has 0 aliphatic rings. The lowest BCUT2D eigenvalue weighted by molar-refractivity contribution is -0.121. The highest BCUT2D eigenvalue weighted by atomic mass is 32.1. The number of carbonyl (C=O) groups excluding carboxylic acids is 1. The van der Waals surface area contributed by atoms with Gasteiger partial charge in [0.15, 0.2) is 0 Å².